The van der Waals surface area contributed by atoms with Crippen LogP contribution in [-0.4, -0.2) is 41.3 Å². The predicted molar refractivity (Wildman–Crippen MR) is 97.1 cm³/mol. The number of rotatable bonds is 5. The topological polar surface area (TPSA) is 124 Å². The van der Waals surface area contributed by atoms with Gasteiger partial charge in [0.25, 0.3) is 10.1 Å². The largest absolute Gasteiger partial charge is 0.478 e. The van der Waals surface area contributed by atoms with Crippen molar-refractivity contribution >= 4 is 32.5 Å². The molecule has 1 aliphatic carbocycles. The van der Waals surface area contributed by atoms with E-state index in [-0.39, 0.29) is 17.0 Å². The van der Waals surface area contributed by atoms with Gasteiger partial charge in [0.05, 0.1) is 10.5 Å². The van der Waals surface area contributed by atoms with Crippen LogP contribution in [0.15, 0.2) is 59.5 Å². The van der Waals surface area contributed by atoms with E-state index in [1.807, 2.05) is 6.08 Å². The molecule has 8 heteroatoms. The van der Waals surface area contributed by atoms with Crippen molar-refractivity contribution in [3.8, 4) is 0 Å². The number of benzene rings is 2. The third kappa shape index (κ3) is 3.77. The highest BCUT2D eigenvalue weighted by Crippen LogP contribution is 2.30. The molecule has 0 amide bonds. The van der Waals surface area contributed by atoms with Gasteiger partial charge in [-0.25, -0.2) is 4.79 Å². The Kier molecular flexibility index (Phi) is 4.57. The van der Waals surface area contributed by atoms with Crippen LogP contribution in [0.2, 0.25) is 0 Å². The fourth-order valence-electron chi connectivity index (χ4n) is 2.79. The van der Waals surface area contributed by atoms with Crippen LogP contribution in [0.1, 0.15) is 16.8 Å². The first-order valence-corrected chi connectivity index (χ1v) is 9.21. The number of allylic oxidation sites excluding steroid dienone is 2. The zero-order valence-corrected chi connectivity index (χ0v) is 14.4. The standard InChI is InChI=1S/C18H17NO6S/c20-17(21)13-5-4-12-8-14(26(23,24)25)10-16(15(12)9-13)19-11-18(22)6-2-1-3-7-18/h1-6,8-10,19,22H,7,11H2,(H,20,21)(H,23,24,25). The maximum atomic E-state index is 11.5. The number of nitrogens with one attached hydrogen (secondary N) is 1. The molecular formula is C18H17NO6S. The zero-order valence-electron chi connectivity index (χ0n) is 13.6. The fraction of sp³-hybridized carbons (Fsp3) is 0.167. The van der Waals surface area contributed by atoms with E-state index in [9.17, 15) is 28.0 Å². The molecule has 0 bridgehead atoms. The molecule has 3 rings (SSSR count). The van der Waals surface area contributed by atoms with E-state index in [1.54, 1.807) is 18.2 Å². The summed E-state index contributed by atoms with van der Waals surface area (Å²) in [6, 6.07) is 6.71. The average Bonchev–Trinajstić information content (AvgIpc) is 2.58. The fourth-order valence-corrected chi connectivity index (χ4v) is 3.33. The summed E-state index contributed by atoms with van der Waals surface area (Å²) in [6.45, 7) is 0.0785. The third-order valence-corrected chi connectivity index (χ3v) is 5.01. The summed E-state index contributed by atoms with van der Waals surface area (Å²) in [5, 5.41) is 23.6. The molecule has 2 aromatic rings. The number of anilines is 1. The molecule has 0 saturated heterocycles. The monoisotopic (exact) mass is 375 g/mol. The average molecular weight is 375 g/mol. The minimum absolute atomic E-state index is 0.0411. The lowest BCUT2D eigenvalue weighted by Crippen LogP contribution is -2.35. The summed E-state index contributed by atoms with van der Waals surface area (Å²) < 4.78 is 32.4. The Morgan fingerprint density at radius 2 is 1.96 bits per heavy atom. The molecule has 1 unspecified atom stereocenters. The van der Waals surface area contributed by atoms with Crippen molar-refractivity contribution in [2.75, 3.05) is 11.9 Å². The van der Waals surface area contributed by atoms with Crippen molar-refractivity contribution in [3.05, 3.63) is 60.2 Å². The molecule has 4 N–H and O–H groups in total. The highest BCUT2D eigenvalue weighted by molar-refractivity contribution is 7.85. The Bertz CT molecular complexity index is 1040. The van der Waals surface area contributed by atoms with Crippen molar-refractivity contribution < 1.29 is 28.0 Å². The van der Waals surface area contributed by atoms with Gasteiger partial charge in [-0.2, -0.15) is 8.42 Å². The van der Waals surface area contributed by atoms with Crippen LogP contribution in [0.3, 0.4) is 0 Å². The third-order valence-electron chi connectivity index (χ3n) is 4.18. The smallest absolute Gasteiger partial charge is 0.335 e. The second-order valence-electron chi connectivity index (χ2n) is 6.14. The molecule has 0 heterocycles. The van der Waals surface area contributed by atoms with Crippen LogP contribution in [0.5, 0.6) is 0 Å². The van der Waals surface area contributed by atoms with Gasteiger partial charge in [-0.15, -0.1) is 0 Å². The van der Waals surface area contributed by atoms with Gasteiger partial charge < -0.3 is 15.5 Å². The second kappa shape index (κ2) is 6.56. The van der Waals surface area contributed by atoms with Crippen LogP contribution in [0.4, 0.5) is 5.69 Å². The van der Waals surface area contributed by atoms with Crippen LogP contribution < -0.4 is 5.32 Å². The van der Waals surface area contributed by atoms with E-state index in [1.165, 1.54) is 30.3 Å². The summed E-state index contributed by atoms with van der Waals surface area (Å²) in [5.41, 5.74) is -0.812. The Morgan fingerprint density at radius 3 is 2.58 bits per heavy atom. The van der Waals surface area contributed by atoms with Gasteiger partial charge in [-0.3, -0.25) is 4.55 Å². The Labute approximate surface area is 150 Å². The highest BCUT2D eigenvalue weighted by Gasteiger charge is 2.24. The van der Waals surface area contributed by atoms with Crippen molar-refractivity contribution in [2.45, 2.75) is 16.9 Å². The van der Waals surface area contributed by atoms with Gasteiger partial charge in [0.1, 0.15) is 5.60 Å². The molecule has 26 heavy (non-hydrogen) atoms. The van der Waals surface area contributed by atoms with Crippen molar-refractivity contribution in [1.82, 2.24) is 0 Å². The molecule has 7 nitrogen and oxygen atoms in total. The first kappa shape index (κ1) is 18.1. The molecule has 0 aromatic heterocycles. The van der Waals surface area contributed by atoms with E-state index in [4.69, 9.17) is 0 Å². The molecule has 0 aliphatic heterocycles. The number of carboxylic acid groups (broad SMARTS) is 1. The van der Waals surface area contributed by atoms with E-state index < -0.39 is 21.7 Å². The molecular weight excluding hydrogens is 358 g/mol. The van der Waals surface area contributed by atoms with E-state index in [2.05, 4.69) is 5.32 Å². The lowest BCUT2D eigenvalue weighted by atomic mass is 9.95. The van der Waals surface area contributed by atoms with Crippen molar-refractivity contribution in [2.24, 2.45) is 0 Å². The van der Waals surface area contributed by atoms with Gasteiger partial charge in [0, 0.05) is 17.6 Å². The quantitative estimate of drug-likeness (QED) is 0.592. The second-order valence-corrected chi connectivity index (χ2v) is 7.56. The first-order valence-electron chi connectivity index (χ1n) is 7.77. The lowest BCUT2D eigenvalue weighted by molar-refractivity contribution is 0.0697. The number of hydrogen-bond acceptors (Lipinski definition) is 5. The maximum absolute atomic E-state index is 11.5. The van der Waals surface area contributed by atoms with Crippen molar-refractivity contribution in [1.29, 1.82) is 0 Å². The number of fused-ring (bicyclic) bond motifs is 1. The number of aliphatic hydroxyl groups is 1. The molecule has 0 fully saturated rings. The minimum Gasteiger partial charge on any atom is -0.478 e. The van der Waals surface area contributed by atoms with Crippen LogP contribution >= 0.6 is 0 Å². The molecule has 2 aromatic carbocycles. The Morgan fingerprint density at radius 1 is 1.19 bits per heavy atom. The summed E-state index contributed by atoms with van der Waals surface area (Å²) in [6.07, 6.45) is 7.32. The first-order chi connectivity index (χ1) is 12.2. The van der Waals surface area contributed by atoms with Gasteiger partial charge in [0.2, 0.25) is 0 Å². The maximum Gasteiger partial charge on any atom is 0.335 e. The minimum atomic E-state index is -4.45. The van der Waals surface area contributed by atoms with Gasteiger partial charge in [0.15, 0.2) is 0 Å². The number of hydrogen-bond donors (Lipinski definition) is 4. The van der Waals surface area contributed by atoms with Gasteiger partial charge in [-0.1, -0.05) is 30.4 Å². The summed E-state index contributed by atoms with van der Waals surface area (Å²) in [4.78, 5) is 10.9. The van der Waals surface area contributed by atoms with Crippen LogP contribution in [0.25, 0.3) is 10.8 Å². The summed E-state index contributed by atoms with van der Waals surface area (Å²) in [5.74, 6) is -1.12. The highest BCUT2D eigenvalue weighted by atomic mass is 32.2. The number of carbonyl (C=O) groups is 1. The lowest BCUT2D eigenvalue weighted by Gasteiger charge is -2.26. The summed E-state index contributed by atoms with van der Waals surface area (Å²) in [7, 11) is -4.45. The van der Waals surface area contributed by atoms with E-state index in [0.29, 0.717) is 22.9 Å². The number of aromatic carboxylic acids is 1. The molecule has 136 valence electrons. The Hall–Kier alpha value is -2.68. The molecule has 0 spiro atoms. The zero-order chi connectivity index (χ0) is 18.9. The Balaban J connectivity index is 2.07. The molecule has 0 radical (unpaired) electrons. The van der Waals surface area contributed by atoms with Crippen molar-refractivity contribution in [3.63, 3.8) is 0 Å². The SMILES string of the molecule is O=C(O)c1ccc2cc(S(=O)(=O)O)cc(NCC3(O)C=CC=CC3)c2c1. The van der Waals surface area contributed by atoms with Crippen LogP contribution in [0, 0.1) is 0 Å². The molecule has 0 saturated carbocycles. The number of carboxylic acids is 1. The van der Waals surface area contributed by atoms with Gasteiger partial charge in [-0.05, 0) is 36.1 Å². The van der Waals surface area contributed by atoms with Gasteiger partial charge >= 0.3 is 5.97 Å². The van der Waals surface area contributed by atoms with Crippen LogP contribution in [-0.2, 0) is 10.1 Å². The summed E-state index contributed by atoms with van der Waals surface area (Å²) >= 11 is 0. The normalized spacial score (nSPS) is 19.6. The van der Waals surface area contributed by atoms with E-state index >= 15 is 0 Å². The molecule has 1 atom stereocenters. The molecule has 1 aliphatic rings. The predicted octanol–water partition coefficient (Wildman–Crippen LogP) is 2.44. The van der Waals surface area contributed by atoms with E-state index in [0.717, 1.165) is 0 Å².